The minimum Gasteiger partial charge on any atom is -0.493 e. The molecule has 2 aromatic rings. The number of aromatic nitrogens is 2. The number of hydrogen-bond donors (Lipinski definition) is 1. The van der Waals surface area contributed by atoms with Crippen LogP contribution in [0.4, 0.5) is 10.6 Å². The van der Waals surface area contributed by atoms with Crippen molar-refractivity contribution in [2.75, 3.05) is 45.3 Å². The van der Waals surface area contributed by atoms with Crippen LogP contribution in [0.2, 0.25) is 0 Å². The summed E-state index contributed by atoms with van der Waals surface area (Å²) < 4.78 is 10.6. The van der Waals surface area contributed by atoms with E-state index in [1.807, 2.05) is 23.1 Å². The monoisotopic (exact) mass is 397 g/mol. The molecule has 29 heavy (non-hydrogen) atoms. The largest absolute Gasteiger partial charge is 0.493 e. The zero-order chi connectivity index (χ0) is 20.2. The number of carbonyl (C=O) groups is 1. The van der Waals surface area contributed by atoms with Gasteiger partial charge in [0.2, 0.25) is 0 Å². The van der Waals surface area contributed by atoms with Gasteiger partial charge in [-0.15, -0.1) is 0 Å². The molecule has 8 nitrogen and oxygen atoms in total. The molecule has 0 bridgehead atoms. The predicted molar refractivity (Wildman–Crippen MR) is 110 cm³/mol. The van der Waals surface area contributed by atoms with Gasteiger partial charge in [0.05, 0.1) is 14.2 Å². The molecule has 2 amide bonds. The lowest BCUT2D eigenvalue weighted by atomic mass is 10.2. The molecular formula is C21H27N5O3. The highest BCUT2D eigenvalue weighted by Gasteiger charge is 2.27. The summed E-state index contributed by atoms with van der Waals surface area (Å²) >= 11 is 0. The summed E-state index contributed by atoms with van der Waals surface area (Å²) in [6.45, 7) is 3.31. The molecule has 1 aliphatic heterocycles. The molecule has 1 saturated carbocycles. The second kappa shape index (κ2) is 8.55. The predicted octanol–water partition coefficient (Wildman–Crippen LogP) is 2.40. The molecule has 1 aromatic carbocycles. The third-order valence-corrected chi connectivity index (χ3v) is 5.45. The smallest absolute Gasteiger partial charge is 0.317 e. The molecule has 4 rings (SSSR count). The molecule has 2 aliphatic rings. The van der Waals surface area contributed by atoms with Crippen LogP contribution in [0.25, 0.3) is 0 Å². The Balaban J connectivity index is 1.28. The number of rotatable bonds is 6. The van der Waals surface area contributed by atoms with Crippen molar-refractivity contribution in [1.29, 1.82) is 0 Å². The van der Waals surface area contributed by atoms with E-state index in [4.69, 9.17) is 9.47 Å². The number of piperazine rings is 1. The van der Waals surface area contributed by atoms with Gasteiger partial charge in [-0.25, -0.2) is 14.8 Å². The fraction of sp³-hybridized carbons (Fsp3) is 0.476. The average Bonchev–Trinajstić information content (AvgIpc) is 3.63. The first-order chi connectivity index (χ1) is 14.2. The number of hydrogen-bond acceptors (Lipinski definition) is 6. The number of amides is 2. The topological polar surface area (TPSA) is 79.8 Å². The number of benzene rings is 1. The van der Waals surface area contributed by atoms with Crippen molar-refractivity contribution in [2.24, 2.45) is 0 Å². The lowest BCUT2D eigenvalue weighted by Gasteiger charge is -2.35. The maximum Gasteiger partial charge on any atom is 0.317 e. The van der Waals surface area contributed by atoms with Gasteiger partial charge in [0, 0.05) is 50.4 Å². The molecule has 0 unspecified atom stereocenters. The summed E-state index contributed by atoms with van der Waals surface area (Å²) in [5, 5.41) is 2.99. The number of ether oxygens (including phenoxy) is 2. The first-order valence-corrected chi connectivity index (χ1v) is 9.98. The van der Waals surface area contributed by atoms with Crippen molar-refractivity contribution in [3.8, 4) is 11.5 Å². The summed E-state index contributed by atoms with van der Waals surface area (Å²) in [5.41, 5.74) is 2.10. The van der Waals surface area contributed by atoms with E-state index in [2.05, 4.69) is 26.3 Å². The van der Waals surface area contributed by atoms with Crippen LogP contribution in [0.15, 0.2) is 30.6 Å². The van der Waals surface area contributed by atoms with E-state index in [1.165, 1.54) is 12.8 Å². The first-order valence-electron chi connectivity index (χ1n) is 9.98. The lowest BCUT2D eigenvalue weighted by molar-refractivity contribution is 0.194. The lowest BCUT2D eigenvalue weighted by Crippen LogP contribution is -2.51. The van der Waals surface area contributed by atoms with Crippen LogP contribution in [-0.4, -0.2) is 61.3 Å². The third kappa shape index (κ3) is 4.52. The molecule has 154 valence electrons. The van der Waals surface area contributed by atoms with Crippen LogP contribution in [0.1, 0.15) is 30.0 Å². The van der Waals surface area contributed by atoms with Crippen LogP contribution >= 0.6 is 0 Å². The molecule has 2 fully saturated rings. The number of nitrogens with one attached hydrogen (secondary N) is 1. The van der Waals surface area contributed by atoms with Gasteiger partial charge >= 0.3 is 6.03 Å². The molecule has 2 heterocycles. The average molecular weight is 397 g/mol. The number of methoxy groups -OCH3 is 2. The van der Waals surface area contributed by atoms with E-state index >= 15 is 0 Å². The Kier molecular flexibility index (Phi) is 5.69. The number of anilines is 1. The SMILES string of the molecule is COc1ccc(CNC(=O)N2CCN(c3cc(C4CC4)ncn3)CC2)cc1OC. The maximum atomic E-state index is 12.6. The van der Waals surface area contributed by atoms with Gasteiger partial charge in [-0.05, 0) is 30.5 Å². The molecule has 0 radical (unpaired) electrons. The van der Waals surface area contributed by atoms with Crippen molar-refractivity contribution in [3.63, 3.8) is 0 Å². The molecule has 1 aromatic heterocycles. The van der Waals surface area contributed by atoms with Gasteiger partial charge in [0.1, 0.15) is 12.1 Å². The highest BCUT2D eigenvalue weighted by atomic mass is 16.5. The Hall–Kier alpha value is -3.03. The summed E-state index contributed by atoms with van der Waals surface area (Å²) in [6, 6.07) is 7.69. The van der Waals surface area contributed by atoms with Gasteiger partial charge in [-0.3, -0.25) is 0 Å². The van der Waals surface area contributed by atoms with Crippen LogP contribution in [-0.2, 0) is 6.54 Å². The number of carbonyl (C=O) groups excluding carboxylic acids is 1. The van der Waals surface area contributed by atoms with E-state index in [0.717, 1.165) is 30.2 Å². The number of nitrogens with zero attached hydrogens (tertiary/aromatic N) is 4. The highest BCUT2D eigenvalue weighted by molar-refractivity contribution is 5.74. The normalized spacial score (nSPS) is 16.5. The molecule has 1 N–H and O–H groups in total. The Morgan fingerprint density at radius 1 is 1.07 bits per heavy atom. The minimum atomic E-state index is -0.0548. The van der Waals surface area contributed by atoms with E-state index in [-0.39, 0.29) is 6.03 Å². The molecule has 1 saturated heterocycles. The van der Waals surface area contributed by atoms with Crippen molar-refractivity contribution in [1.82, 2.24) is 20.2 Å². The van der Waals surface area contributed by atoms with Gasteiger partial charge in [0.15, 0.2) is 11.5 Å². The summed E-state index contributed by atoms with van der Waals surface area (Å²) in [6.07, 6.45) is 4.11. The fourth-order valence-electron chi connectivity index (χ4n) is 3.56. The standard InChI is InChI=1S/C21H27N5O3/c1-28-18-6-3-15(11-19(18)29-2)13-22-21(27)26-9-7-25(8-10-26)20-12-17(16-4-5-16)23-14-24-20/h3,6,11-12,14,16H,4-5,7-10,13H2,1-2H3,(H,22,27). The molecule has 0 spiro atoms. The van der Waals surface area contributed by atoms with Crippen molar-refractivity contribution in [2.45, 2.75) is 25.3 Å². The van der Waals surface area contributed by atoms with Crippen LogP contribution in [0.3, 0.4) is 0 Å². The van der Waals surface area contributed by atoms with Crippen molar-refractivity contribution >= 4 is 11.8 Å². The zero-order valence-corrected chi connectivity index (χ0v) is 16.9. The Labute approximate surface area is 170 Å². The molecule has 1 aliphatic carbocycles. The van der Waals surface area contributed by atoms with E-state index in [0.29, 0.717) is 37.1 Å². The van der Waals surface area contributed by atoms with Crippen LogP contribution in [0.5, 0.6) is 11.5 Å². The Morgan fingerprint density at radius 2 is 1.83 bits per heavy atom. The quantitative estimate of drug-likeness (QED) is 0.806. The second-order valence-electron chi connectivity index (χ2n) is 7.40. The number of urea groups is 1. The van der Waals surface area contributed by atoms with Crippen molar-refractivity contribution in [3.05, 3.63) is 41.9 Å². The van der Waals surface area contributed by atoms with E-state index in [9.17, 15) is 4.79 Å². The Bertz CT molecular complexity index is 863. The van der Waals surface area contributed by atoms with Gasteiger partial charge in [0.25, 0.3) is 0 Å². The fourth-order valence-corrected chi connectivity index (χ4v) is 3.56. The van der Waals surface area contributed by atoms with Gasteiger partial charge in [-0.2, -0.15) is 0 Å². The van der Waals surface area contributed by atoms with Crippen LogP contribution in [0, 0.1) is 0 Å². The van der Waals surface area contributed by atoms with E-state index in [1.54, 1.807) is 20.5 Å². The third-order valence-electron chi connectivity index (χ3n) is 5.45. The second-order valence-corrected chi connectivity index (χ2v) is 7.40. The van der Waals surface area contributed by atoms with Gasteiger partial charge < -0.3 is 24.6 Å². The van der Waals surface area contributed by atoms with E-state index < -0.39 is 0 Å². The molecule has 0 atom stereocenters. The molecule has 8 heteroatoms. The minimum absolute atomic E-state index is 0.0548. The van der Waals surface area contributed by atoms with Crippen LogP contribution < -0.4 is 19.7 Å². The summed E-state index contributed by atoms with van der Waals surface area (Å²) in [4.78, 5) is 25.4. The maximum absolute atomic E-state index is 12.6. The highest BCUT2D eigenvalue weighted by Crippen LogP contribution is 2.39. The van der Waals surface area contributed by atoms with Gasteiger partial charge in [-0.1, -0.05) is 6.07 Å². The molecular weight excluding hydrogens is 370 g/mol. The zero-order valence-electron chi connectivity index (χ0n) is 16.9. The Morgan fingerprint density at radius 3 is 2.52 bits per heavy atom. The summed E-state index contributed by atoms with van der Waals surface area (Å²) in [5.74, 6) is 2.91. The summed E-state index contributed by atoms with van der Waals surface area (Å²) in [7, 11) is 3.21. The first kappa shape index (κ1) is 19.3. The van der Waals surface area contributed by atoms with Crippen molar-refractivity contribution < 1.29 is 14.3 Å².